The number of aromatic nitrogens is 1. The molecule has 21 heavy (non-hydrogen) atoms. The molecule has 3 nitrogen and oxygen atoms in total. The van der Waals surface area contributed by atoms with Crippen molar-refractivity contribution >= 4 is 10.9 Å². The van der Waals surface area contributed by atoms with Crippen molar-refractivity contribution in [3.05, 3.63) is 65.9 Å². The summed E-state index contributed by atoms with van der Waals surface area (Å²) in [5.74, 6) is 1.41. The molecule has 4 rings (SSSR count). The Hall–Kier alpha value is -2.26. The zero-order chi connectivity index (χ0) is 14.2. The SMILES string of the molecule is OCc1ccc2c(ccn2CC2COc3ccccc32)c1. The lowest BCUT2D eigenvalue weighted by Gasteiger charge is -2.11. The van der Waals surface area contributed by atoms with Gasteiger partial charge >= 0.3 is 0 Å². The van der Waals surface area contributed by atoms with Crippen LogP contribution in [0.3, 0.4) is 0 Å². The summed E-state index contributed by atoms with van der Waals surface area (Å²) in [4.78, 5) is 0. The highest BCUT2D eigenvalue weighted by Gasteiger charge is 2.24. The molecule has 0 spiro atoms. The van der Waals surface area contributed by atoms with E-state index in [1.807, 2.05) is 24.3 Å². The molecule has 1 N–H and O–H groups in total. The van der Waals surface area contributed by atoms with Crippen LogP contribution < -0.4 is 4.74 Å². The summed E-state index contributed by atoms with van der Waals surface area (Å²) in [6, 6.07) is 16.5. The van der Waals surface area contributed by atoms with Gasteiger partial charge in [-0.25, -0.2) is 0 Å². The molecule has 1 unspecified atom stereocenters. The van der Waals surface area contributed by atoms with Gasteiger partial charge in [-0.05, 0) is 35.2 Å². The molecular formula is C18H17NO2. The molecule has 0 fully saturated rings. The van der Waals surface area contributed by atoms with Crippen LogP contribution >= 0.6 is 0 Å². The highest BCUT2D eigenvalue weighted by atomic mass is 16.5. The first-order valence-corrected chi connectivity index (χ1v) is 7.25. The van der Waals surface area contributed by atoms with Gasteiger partial charge in [0.05, 0.1) is 13.2 Å². The number of aliphatic hydroxyl groups is 1. The summed E-state index contributed by atoms with van der Waals surface area (Å²) < 4.78 is 8.03. The number of hydrogen-bond donors (Lipinski definition) is 1. The number of ether oxygens (including phenoxy) is 1. The van der Waals surface area contributed by atoms with Crippen molar-refractivity contribution in [2.45, 2.75) is 19.1 Å². The molecular weight excluding hydrogens is 262 g/mol. The topological polar surface area (TPSA) is 34.4 Å². The van der Waals surface area contributed by atoms with E-state index in [0.29, 0.717) is 5.92 Å². The van der Waals surface area contributed by atoms with Gasteiger partial charge in [-0.15, -0.1) is 0 Å². The maximum Gasteiger partial charge on any atom is 0.122 e. The summed E-state index contributed by atoms with van der Waals surface area (Å²) >= 11 is 0. The average Bonchev–Trinajstić information content (AvgIpc) is 3.12. The van der Waals surface area contributed by atoms with Crippen molar-refractivity contribution in [1.29, 1.82) is 0 Å². The first-order chi connectivity index (χ1) is 10.3. The molecule has 0 amide bonds. The molecule has 1 atom stereocenters. The Morgan fingerprint density at radius 3 is 2.95 bits per heavy atom. The van der Waals surface area contributed by atoms with Gasteiger partial charge in [-0.2, -0.15) is 0 Å². The van der Waals surface area contributed by atoms with E-state index in [1.165, 1.54) is 16.5 Å². The maximum atomic E-state index is 9.22. The lowest BCUT2D eigenvalue weighted by molar-refractivity contribution is 0.282. The van der Waals surface area contributed by atoms with E-state index in [4.69, 9.17) is 4.74 Å². The third-order valence-corrected chi connectivity index (χ3v) is 4.23. The zero-order valence-electron chi connectivity index (χ0n) is 11.7. The Balaban J connectivity index is 1.66. The van der Waals surface area contributed by atoms with Crippen LogP contribution in [0.25, 0.3) is 10.9 Å². The second kappa shape index (κ2) is 4.93. The molecule has 1 aliphatic rings. The Morgan fingerprint density at radius 2 is 2.05 bits per heavy atom. The lowest BCUT2D eigenvalue weighted by Crippen LogP contribution is -2.09. The van der Waals surface area contributed by atoms with Crippen molar-refractivity contribution in [1.82, 2.24) is 4.57 Å². The fourth-order valence-corrected chi connectivity index (χ4v) is 3.13. The third-order valence-electron chi connectivity index (χ3n) is 4.23. The van der Waals surface area contributed by atoms with Crippen molar-refractivity contribution in [3.63, 3.8) is 0 Å². The van der Waals surface area contributed by atoms with E-state index in [9.17, 15) is 5.11 Å². The van der Waals surface area contributed by atoms with Crippen molar-refractivity contribution in [3.8, 4) is 5.75 Å². The number of benzene rings is 2. The van der Waals surface area contributed by atoms with Gasteiger partial charge < -0.3 is 14.4 Å². The number of fused-ring (bicyclic) bond motifs is 2. The van der Waals surface area contributed by atoms with Gasteiger partial charge in [-0.1, -0.05) is 24.3 Å². The van der Waals surface area contributed by atoms with Crippen molar-refractivity contribution in [2.75, 3.05) is 6.61 Å². The van der Waals surface area contributed by atoms with E-state index in [2.05, 4.69) is 35.0 Å². The van der Waals surface area contributed by atoms with Crippen LogP contribution in [0.15, 0.2) is 54.7 Å². The minimum absolute atomic E-state index is 0.0883. The predicted molar refractivity (Wildman–Crippen MR) is 82.5 cm³/mol. The van der Waals surface area contributed by atoms with Crippen LogP contribution in [0.1, 0.15) is 17.0 Å². The summed E-state index contributed by atoms with van der Waals surface area (Å²) in [6.45, 7) is 1.75. The predicted octanol–water partition coefficient (Wildman–Crippen LogP) is 3.31. The largest absolute Gasteiger partial charge is 0.493 e. The summed E-state index contributed by atoms with van der Waals surface area (Å²) in [5, 5.41) is 10.4. The molecule has 0 saturated heterocycles. The number of rotatable bonds is 3. The van der Waals surface area contributed by atoms with Crippen molar-refractivity contribution < 1.29 is 9.84 Å². The molecule has 3 heteroatoms. The molecule has 0 radical (unpaired) electrons. The van der Waals surface area contributed by atoms with Gasteiger partial charge in [0.2, 0.25) is 0 Å². The fraction of sp³-hybridized carbons (Fsp3) is 0.222. The minimum Gasteiger partial charge on any atom is -0.493 e. The van der Waals surface area contributed by atoms with Gasteiger partial charge in [0.25, 0.3) is 0 Å². The number of nitrogens with zero attached hydrogens (tertiary/aromatic N) is 1. The van der Waals surface area contributed by atoms with Crippen LogP contribution in [-0.2, 0) is 13.2 Å². The average molecular weight is 279 g/mol. The second-order valence-electron chi connectivity index (χ2n) is 5.57. The maximum absolute atomic E-state index is 9.22. The Bertz CT molecular complexity index is 791. The highest BCUT2D eigenvalue weighted by molar-refractivity contribution is 5.80. The zero-order valence-corrected chi connectivity index (χ0v) is 11.7. The second-order valence-corrected chi connectivity index (χ2v) is 5.57. The summed E-state index contributed by atoms with van der Waals surface area (Å²) in [7, 11) is 0. The molecule has 0 bridgehead atoms. The third kappa shape index (κ3) is 2.10. The van der Waals surface area contributed by atoms with Crippen LogP contribution in [0.5, 0.6) is 5.75 Å². The molecule has 2 aromatic carbocycles. The van der Waals surface area contributed by atoms with Crippen molar-refractivity contribution in [2.24, 2.45) is 0 Å². The summed E-state index contributed by atoms with van der Waals surface area (Å²) in [5.41, 5.74) is 3.46. The number of para-hydroxylation sites is 1. The minimum atomic E-state index is 0.0883. The smallest absolute Gasteiger partial charge is 0.122 e. The van der Waals surface area contributed by atoms with Gasteiger partial charge in [0.1, 0.15) is 5.75 Å². The Kier molecular flexibility index (Phi) is 2.93. The van der Waals surface area contributed by atoms with Gasteiger partial charge in [0, 0.05) is 29.7 Å². The Morgan fingerprint density at radius 1 is 1.14 bits per heavy atom. The monoisotopic (exact) mass is 279 g/mol. The molecule has 0 aliphatic carbocycles. The van der Waals surface area contributed by atoms with Crippen LogP contribution in [0, 0.1) is 0 Å². The van der Waals surface area contributed by atoms with E-state index >= 15 is 0 Å². The highest BCUT2D eigenvalue weighted by Crippen LogP contribution is 2.35. The Labute approximate surface area is 123 Å². The first kappa shape index (κ1) is 12.5. The van der Waals surface area contributed by atoms with Crippen LogP contribution in [0.2, 0.25) is 0 Å². The quantitative estimate of drug-likeness (QED) is 0.798. The summed E-state index contributed by atoms with van der Waals surface area (Å²) in [6.07, 6.45) is 2.12. The van der Waals surface area contributed by atoms with E-state index in [-0.39, 0.29) is 6.61 Å². The molecule has 1 aliphatic heterocycles. The molecule has 1 aromatic heterocycles. The molecule has 2 heterocycles. The van der Waals surface area contributed by atoms with Gasteiger partial charge in [0.15, 0.2) is 0 Å². The van der Waals surface area contributed by atoms with Gasteiger partial charge in [-0.3, -0.25) is 0 Å². The standard InChI is InChI=1S/C18H17NO2/c20-11-13-5-6-17-14(9-13)7-8-19(17)10-15-12-21-18-4-2-1-3-16(15)18/h1-9,15,20H,10-12H2. The number of hydrogen-bond acceptors (Lipinski definition) is 2. The normalized spacial score (nSPS) is 16.9. The first-order valence-electron chi connectivity index (χ1n) is 7.25. The van der Waals surface area contributed by atoms with E-state index < -0.39 is 0 Å². The number of aliphatic hydroxyl groups excluding tert-OH is 1. The molecule has 106 valence electrons. The van der Waals surface area contributed by atoms with Crippen LogP contribution in [-0.4, -0.2) is 16.3 Å². The van der Waals surface area contributed by atoms with E-state index in [1.54, 1.807) is 0 Å². The van der Waals surface area contributed by atoms with Crippen LogP contribution in [0.4, 0.5) is 0 Å². The fourth-order valence-electron chi connectivity index (χ4n) is 3.13. The molecule has 0 saturated carbocycles. The lowest BCUT2D eigenvalue weighted by atomic mass is 10.0. The molecule has 3 aromatic rings. The van der Waals surface area contributed by atoms with E-state index in [0.717, 1.165) is 24.5 Å².